The number of nitrogens with two attached hydrogens (primary N) is 1. The summed E-state index contributed by atoms with van der Waals surface area (Å²) in [7, 11) is 0. The van der Waals surface area contributed by atoms with Crippen molar-refractivity contribution in [2.24, 2.45) is 11.8 Å². The molecule has 80 valence electrons. The lowest BCUT2D eigenvalue weighted by molar-refractivity contribution is 0.261. The lowest BCUT2D eigenvalue weighted by Crippen LogP contribution is -2.41. The Hall–Kier alpha value is -0.520. The van der Waals surface area contributed by atoms with E-state index in [0.29, 0.717) is 6.04 Å². The standard InChI is InChI=1S/C12H22N2/c1-2-3-5-10-12(14-13)11-8-6-4-7-9-11/h11-12,14H,4-10,13H2,1H3. The largest absolute Gasteiger partial charge is 0.271 e. The van der Waals surface area contributed by atoms with Gasteiger partial charge in [-0.1, -0.05) is 19.3 Å². The van der Waals surface area contributed by atoms with Crippen molar-refractivity contribution in [3.8, 4) is 11.8 Å². The van der Waals surface area contributed by atoms with E-state index in [-0.39, 0.29) is 0 Å². The minimum Gasteiger partial charge on any atom is -0.271 e. The molecule has 0 saturated heterocycles. The predicted molar refractivity (Wildman–Crippen MR) is 60.4 cm³/mol. The first-order valence-electron chi connectivity index (χ1n) is 5.74. The van der Waals surface area contributed by atoms with Gasteiger partial charge >= 0.3 is 0 Å². The Balaban J connectivity index is 2.30. The Morgan fingerprint density at radius 1 is 1.36 bits per heavy atom. The maximum Gasteiger partial charge on any atom is 0.0247 e. The Morgan fingerprint density at radius 3 is 2.64 bits per heavy atom. The highest BCUT2D eigenvalue weighted by molar-refractivity contribution is 4.96. The molecule has 1 atom stereocenters. The van der Waals surface area contributed by atoms with E-state index in [2.05, 4.69) is 17.3 Å². The highest BCUT2D eigenvalue weighted by atomic mass is 15.2. The van der Waals surface area contributed by atoms with Crippen molar-refractivity contribution < 1.29 is 0 Å². The van der Waals surface area contributed by atoms with Crippen LogP contribution in [0, 0.1) is 17.8 Å². The molecular weight excluding hydrogens is 172 g/mol. The number of hydrogen-bond acceptors (Lipinski definition) is 2. The SMILES string of the molecule is CC#CCCC(NN)C1CCCCC1. The fraction of sp³-hybridized carbons (Fsp3) is 0.833. The summed E-state index contributed by atoms with van der Waals surface area (Å²) >= 11 is 0. The molecule has 0 aliphatic heterocycles. The van der Waals surface area contributed by atoms with Gasteiger partial charge in [0.05, 0.1) is 0 Å². The zero-order valence-electron chi connectivity index (χ0n) is 9.18. The van der Waals surface area contributed by atoms with Gasteiger partial charge in [0.25, 0.3) is 0 Å². The maximum atomic E-state index is 5.59. The summed E-state index contributed by atoms with van der Waals surface area (Å²) in [5.41, 5.74) is 2.96. The third-order valence-corrected chi connectivity index (χ3v) is 3.19. The molecule has 14 heavy (non-hydrogen) atoms. The van der Waals surface area contributed by atoms with Crippen LogP contribution in [-0.2, 0) is 0 Å². The second kappa shape index (κ2) is 6.86. The molecule has 3 N–H and O–H groups in total. The van der Waals surface area contributed by atoms with Gasteiger partial charge in [0.1, 0.15) is 0 Å². The summed E-state index contributed by atoms with van der Waals surface area (Å²) in [5, 5.41) is 0. The molecule has 0 amide bonds. The maximum absolute atomic E-state index is 5.59. The lowest BCUT2D eigenvalue weighted by atomic mass is 9.82. The molecule has 0 aromatic heterocycles. The van der Waals surface area contributed by atoms with Crippen LogP contribution in [0.2, 0.25) is 0 Å². The van der Waals surface area contributed by atoms with Crippen LogP contribution in [0.5, 0.6) is 0 Å². The molecule has 1 unspecified atom stereocenters. The van der Waals surface area contributed by atoms with Crippen LogP contribution in [0.15, 0.2) is 0 Å². The van der Waals surface area contributed by atoms with E-state index in [1.807, 2.05) is 6.92 Å². The molecule has 1 aliphatic carbocycles. The van der Waals surface area contributed by atoms with E-state index in [1.54, 1.807) is 0 Å². The summed E-state index contributed by atoms with van der Waals surface area (Å²) < 4.78 is 0. The van der Waals surface area contributed by atoms with Gasteiger partial charge in [-0.05, 0) is 32.1 Å². The van der Waals surface area contributed by atoms with Crippen LogP contribution >= 0.6 is 0 Å². The van der Waals surface area contributed by atoms with E-state index >= 15 is 0 Å². The second-order valence-corrected chi connectivity index (χ2v) is 4.14. The van der Waals surface area contributed by atoms with Gasteiger partial charge in [-0.25, -0.2) is 0 Å². The average molecular weight is 194 g/mol. The van der Waals surface area contributed by atoms with E-state index < -0.39 is 0 Å². The first-order valence-corrected chi connectivity index (χ1v) is 5.74. The fourth-order valence-corrected chi connectivity index (χ4v) is 2.34. The van der Waals surface area contributed by atoms with Gasteiger partial charge in [-0.15, -0.1) is 11.8 Å². The minimum absolute atomic E-state index is 0.483. The van der Waals surface area contributed by atoms with Gasteiger partial charge in [0.2, 0.25) is 0 Å². The molecule has 1 rings (SSSR count). The lowest BCUT2D eigenvalue weighted by Gasteiger charge is -2.29. The highest BCUT2D eigenvalue weighted by Gasteiger charge is 2.21. The van der Waals surface area contributed by atoms with Crippen LogP contribution in [0.1, 0.15) is 51.9 Å². The zero-order chi connectivity index (χ0) is 10.2. The van der Waals surface area contributed by atoms with Crippen molar-refractivity contribution in [1.29, 1.82) is 0 Å². The van der Waals surface area contributed by atoms with E-state index in [9.17, 15) is 0 Å². The second-order valence-electron chi connectivity index (χ2n) is 4.14. The summed E-state index contributed by atoms with van der Waals surface area (Å²) in [6.45, 7) is 1.89. The zero-order valence-corrected chi connectivity index (χ0v) is 9.18. The van der Waals surface area contributed by atoms with Crippen LogP contribution < -0.4 is 11.3 Å². The van der Waals surface area contributed by atoms with Crippen molar-refractivity contribution in [2.75, 3.05) is 0 Å². The first-order chi connectivity index (χ1) is 6.88. The highest BCUT2D eigenvalue weighted by Crippen LogP contribution is 2.27. The van der Waals surface area contributed by atoms with Gasteiger partial charge in [-0.2, -0.15) is 0 Å². The molecule has 0 bridgehead atoms. The quantitative estimate of drug-likeness (QED) is 0.409. The van der Waals surface area contributed by atoms with Crippen LogP contribution in [0.3, 0.4) is 0 Å². The summed E-state index contributed by atoms with van der Waals surface area (Å²) in [4.78, 5) is 0. The Bertz CT molecular complexity index is 196. The van der Waals surface area contributed by atoms with Crippen molar-refractivity contribution in [3.05, 3.63) is 0 Å². The summed E-state index contributed by atoms with van der Waals surface area (Å²) in [5.74, 6) is 12.4. The van der Waals surface area contributed by atoms with E-state index in [4.69, 9.17) is 5.84 Å². The van der Waals surface area contributed by atoms with Gasteiger partial charge in [-0.3, -0.25) is 11.3 Å². The molecule has 1 aliphatic rings. The third-order valence-electron chi connectivity index (χ3n) is 3.19. The van der Waals surface area contributed by atoms with Crippen LogP contribution in [0.25, 0.3) is 0 Å². The van der Waals surface area contributed by atoms with Crippen LogP contribution in [0.4, 0.5) is 0 Å². The van der Waals surface area contributed by atoms with Gasteiger partial charge in [0.15, 0.2) is 0 Å². The Labute approximate surface area is 87.6 Å². The molecular formula is C12H22N2. The van der Waals surface area contributed by atoms with Crippen molar-refractivity contribution in [2.45, 2.75) is 57.9 Å². The summed E-state index contributed by atoms with van der Waals surface area (Å²) in [6, 6.07) is 0.483. The molecule has 0 spiro atoms. The predicted octanol–water partition coefficient (Wildman–Crippen LogP) is 2.20. The van der Waals surface area contributed by atoms with E-state index in [0.717, 1.165) is 18.8 Å². The van der Waals surface area contributed by atoms with Crippen molar-refractivity contribution >= 4 is 0 Å². The topological polar surface area (TPSA) is 38.0 Å². The van der Waals surface area contributed by atoms with Gasteiger partial charge in [0, 0.05) is 12.5 Å². The third kappa shape index (κ3) is 3.69. The summed E-state index contributed by atoms with van der Waals surface area (Å²) in [6.07, 6.45) is 8.92. The molecule has 0 heterocycles. The first kappa shape index (κ1) is 11.6. The van der Waals surface area contributed by atoms with Crippen molar-refractivity contribution in [3.63, 3.8) is 0 Å². The van der Waals surface area contributed by atoms with Crippen molar-refractivity contribution in [1.82, 2.24) is 5.43 Å². The Morgan fingerprint density at radius 2 is 2.07 bits per heavy atom. The number of hydrazine groups is 1. The fourth-order valence-electron chi connectivity index (χ4n) is 2.34. The molecule has 2 nitrogen and oxygen atoms in total. The molecule has 2 heteroatoms. The number of nitrogens with one attached hydrogen (secondary N) is 1. The molecule has 1 saturated carbocycles. The average Bonchev–Trinajstić information content (AvgIpc) is 2.26. The monoisotopic (exact) mass is 194 g/mol. The van der Waals surface area contributed by atoms with Crippen LogP contribution in [-0.4, -0.2) is 6.04 Å². The number of hydrogen-bond donors (Lipinski definition) is 2. The Kier molecular flexibility index (Phi) is 5.66. The molecule has 0 aromatic carbocycles. The number of rotatable bonds is 4. The normalized spacial score (nSPS) is 19.9. The minimum atomic E-state index is 0.483. The molecule has 0 aromatic rings. The molecule has 0 radical (unpaired) electrons. The smallest absolute Gasteiger partial charge is 0.0247 e. The molecule has 1 fully saturated rings. The van der Waals surface area contributed by atoms with Gasteiger partial charge < -0.3 is 0 Å². The van der Waals surface area contributed by atoms with E-state index in [1.165, 1.54) is 32.1 Å².